The highest BCUT2D eigenvalue weighted by molar-refractivity contribution is 5.95. The van der Waals surface area contributed by atoms with Gasteiger partial charge in [0.05, 0.1) is 24.5 Å². The van der Waals surface area contributed by atoms with Gasteiger partial charge < -0.3 is 14.1 Å². The van der Waals surface area contributed by atoms with Crippen LogP contribution in [0.4, 0.5) is 0 Å². The van der Waals surface area contributed by atoms with Crippen LogP contribution in [0, 0.1) is 18.8 Å². The monoisotopic (exact) mass is 340 g/mol. The molecule has 0 spiro atoms. The van der Waals surface area contributed by atoms with Gasteiger partial charge in [-0.15, -0.1) is 0 Å². The molecule has 5 nitrogen and oxygen atoms in total. The van der Waals surface area contributed by atoms with Gasteiger partial charge >= 0.3 is 0 Å². The molecule has 2 aliphatic rings. The van der Waals surface area contributed by atoms with E-state index in [-0.39, 0.29) is 12.0 Å². The standard InChI is InChI=1S/C20H24N2O3/c1-14-17(7-9-24-14)20(23)22-11-16-5-2-6-19(18(16)12-22)25-13-15-4-3-8-21-10-15/h3-4,7-10,16,18-19H,2,5-6,11-13H2,1H3/t16-,18+,19-/m1/s1. The second-order valence-corrected chi connectivity index (χ2v) is 7.17. The number of aryl methyl sites for hydroxylation is 1. The van der Waals surface area contributed by atoms with Crippen molar-refractivity contribution in [2.24, 2.45) is 11.8 Å². The average Bonchev–Trinajstić information content (AvgIpc) is 3.26. The SMILES string of the molecule is Cc1occc1C(=O)N1C[C@H]2CCC[C@@H](OCc3cccnc3)[C@H]2C1. The molecule has 1 saturated heterocycles. The maximum atomic E-state index is 12.8. The summed E-state index contributed by atoms with van der Waals surface area (Å²) in [4.78, 5) is 18.9. The van der Waals surface area contributed by atoms with Crippen molar-refractivity contribution in [1.29, 1.82) is 0 Å². The summed E-state index contributed by atoms with van der Waals surface area (Å²) >= 11 is 0. The van der Waals surface area contributed by atoms with Gasteiger partial charge in [-0.2, -0.15) is 0 Å². The van der Waals surface area contributed by atoms with Crippen LogP contribution in [0.2, 0.25) is 0 Å². The Morgan fingerprint density at radius 1 is 1.36 bits per heavy atom. The maximum absolute atomic E-state index is 12.8. The molecule has 132 valence electrons. The number of hydrogen-bond donors (Lipinski definition) is 0. The Balaban J connectivity index is 1.41. The number of amides is 1. The highest BCUT2D eigenvalue weighted by atomic mass is 16.5. The lowest BCUT2D eigenvalue weighted by atomic mass is 9.79. The van der Waals surface area contributed by atoms with Gasteiger partial charge in [-0.05, 0) is 43.4 Å². The summed E-state index contributed by atoms with van der Waals surface area (Å²) in [6, 6.07) is 5.75. The summed E-state index contributed by atoms with van der Waals surface area (Å²) < 4.78 is 11.5. The third-order valence-corrected chi connectivity index (χ3v) is 5.60. The Bertz CT molecular complexity index is 728. The molecule has 25 heavy (non-hydrogen) atoms. The van der Waals surface area contributed by atoms with Crippen molar-refractivity contribution in [3.8, 4) is 0 Å². The largest absolute Gasteiger partial charge is 0.469 e. The van der Waals surface area contributed by atoms with Crippen molar-refractivity contribution in [2.45, 2.75) is 38.9 Å². The van der Waals surface area contributed by atoms with Gasteiger partial charge in [0, 0.05) is 31.4 Å². The number of carbonyl (C=O) groups excluding carboxylic acids is 1. The summed E-state index contributed by atoms with van der Waals surface area (Å²) in [7, 11) is 0. The van der Waals surface area contributed by atoms with E-state index in [4.69, 9.17) is 9.15 Å². The first kappa shape index (κ1) is 16.3. The molecule has 2 aromatic rings. The summed E-state index contributed by atoms with van der Waals surface area (Å²) in [5, 5.41) is 0. The van der Waals surface area contributed by atoms with Crippen LogP contribution in [-0.2, 0) is 11.3 Å². The lowest BCUT2D eigenvalue weighted by Crippen LogP contribution is -2.34. The lowest BCUT2D eigenvalue weighted by Gasteiger charge is -2.32. The number of carbonyl (C=O) groups is 1. The number of nitrogens with zero attached hydrogens (tertiary/aromatic N) is 2. The zero-order valence-electron chi connectivity index (χ0n) is 14.6. The van der Waals surface area contributed by atoms with Crippen molar-refractivity contribution >= 4 is 5.91 Å². The zero-order chi connectivity index (χ0) is 17.2. The van der Waals surface area contributed by atoms with Crippen molar-refractivity contribution in [3.05, 3.63) is 53.7 Å². The minimum atomic E-state index is 0.0895. The number of fused-ring (bicyclic) bond motifs is 1. The Labute approximate surface area is 148 Å². The van der Waals surface area contributed by atoms with Crippen molar-refractivity contribution in [3.63, 3.8) is 0 Å². The maximum Gasteiger partial charge on any atom is 0.257 e. The molecule has 0 bridgehead atoms. The van der Waals surface area contributed by atoms with E-state index in [1.165, 1.54) is 12.8 Å². The molecule has 0 unspecified atom stereocenters. The lowest BCUT2D eigenvalue weighted by molar-refractivity contribution is -0.0293. The number of hydrogen-bond acceptors (Lipinski definition) is 4. The van der Waals surface area contributed by atoms with E-state index >= 15 is 0 Å². The Hall–Kier alpha value is -2.14. The van der Waals surface area contributed by atoms with Gasteiger partial charge in [0.2, 0.25) is 0 Å². The fourth-order valence-corrected chi connectivity index (χ4v) is 4.26. The molecule has 4 rings (SSSR count). The topological polar surface area (TPSA) is 55.6 Å². The number of likely N-dealkylation sites (tertiary alicyclic amines) is 1. The first-order valence-electron chi connectivity index (χ1n) is 9.06. The van der Waals surface area contributed by atoms with Gasteiger partial charge in [-0.25, -0.2) is 0 Å². The van der Waals surface area contributed by atoms with Crippen molar-refractivity contribution in [2.75, 3.05) is 13.1 Å². The normalized spacial score (nSPS) is 25.8. The fourth-order valence-electron chi connectivity index (χ4n) is 4.26. The summed E-state index contributed by atoms with van der Waals surface area (Å²) in [6.07, 6.45) is 8.88. The van der Waals surface area contributed by atoms with Crippen molar-refractivity contribution in [1.82, 2.24) is 9.88 Å². The van der Waals surface area contributed by atoms with Crippen LogP contribution >= 0.6 is 0 Å². The highest BCUT2D eigenvalue weighted by Crippen LogP contribution is 2.38. The zero-order valence-corrected chi connectivity index (χ0v) is 14.6. The Morgan fingerprint density at radius 2 is 2.28 bits per heavy atom. The van der Waals surface area contributed by atoms with E-state index in [0.717, 1.165) is 25.1 Å². The van der Waals surface area contributed by atoms with Crippen LogP contribution in [0.25, 0.3) is 0 Å². The van der Waals surface area contributed by atoms with Crippen LogP contribution in [0.3, 0.4) is 0 Å². The first-order chi connectivity index (χ1) is 12.2. The molecule has 3 heterocycles. The van der Waals surface area contributed by atoms with E-state index in [9.17, 15) is 4.79 Å². The summed E-state index contributed by atoms with van der Waals surface area (Å²) in [5.41, 5.74) is 1.79. The molecule has 1 saturated carbocycles. The number of aromatic nitrogens is 1. The summed E-state index contributed by atoms with van der Waals surface area (Å²) in [5.74, 6) is 1.77. The molecule has 1 amide bonds. The predicted octanol–water partition coefficient (Wildman–Crippen LogP) is 3.44. The van der Waals surface area contributed by atoms with Gasteiger partial charge in [0.1, 0.15) is 5.76 Å². The third-order valence-electron chi connectivity index (χ3n) is 5.60. The van der Waals surface area contributed by atoms with E-state index < -0.39 is 0 Å². The second-order valence-electron chi connectivity index (χ2n) is 7.17. The number of furan rings is 1. The van der Waals surface area contributed by atoms with Crippen LogP contribution in [-0.4, -0.2) is 35.0 Å². The highest BCUT2D eigenvalue weighted by Gasteiger charge is 2.42. The first-order valence-corrected chi connectivity index (χ1v) is 9.06. The average molecular weight is 340 g/mol. The molecule has 1 aliphatic heterocycles. The molecule has 5 heteroatoms. The number of pyridine rings is 1. The van der Waals surface area contributed by atoms with Gasteiger partial charge in [0.15, 0.2) is 0 Å². The van der Waals surface area contributed by atoms with Gasteiger partial charge in [0.25, 0.3) is 5.91 Å². The quantitative estimate of drug-likeness (QED) is 0.855. The molecular formula is C20H24N2O3. The Morgan fingerprint density at radius 3 is 3.04 bits per heavy atom. The van der Waals surface area contributed by atoms with E-state index in [0.29, 0.717) is 29.8 Å². The van der Waals surface area contributed by atoms with Crippen LogP contribution in [0.15, 0.2) is 41.3 Å². The van der Waals surface area contributed by atoms with E-state index in [1.54, 1.807) is 18.5 Å². The molecule has 3 atom stereocenters. The molecule has 0 aromatic carbocycles. The number of ether oxygens (including phenoxy) is 1. The molecule has 2 fully saturated rings. The minimum Gasteiger partial charge on any atom is -0.469 e. The molecule has 0 N–H and O–H groups in total. The van der Waals surface area contributed by atoms with Crippen molar-refractivity contribution < 1.29 is 13.9 Å². The second kappa shape index (κ2) is 7.00. The smallest absolute Gasteiger partial charge is 0.257 e. The predicted molar refractivity (Wildman–Crippen MR) is 93.0 cm³/mol. The van der Waals surface area contributed by atoms with E-state index in [2.05, 4.69) is 4.98 Å². The molecule has 0 radical (unpaired) electrons. The molecule has 1 aliphatic carbocycles. The third kappa shape index (κ3) is 3.33. The minimum absolute atomic E-state index is 0.0895. The van der Waals surface area contributed by atoms with Crippen LogP contribution < -0.4 is 0 Å². The Kier molecular flexibility index (Phi) is 4.57. The van der Waals surface area contributed by atoms with E-state index in [1.807, 2.05) is 30.2 Å². The van der Waals surface area contributed by atoms with Crippen LogP contribution in [0.1, 0.15) is 40.9 Å². The van der Waals surface area contributed by atoms with Gasteiger partial charge in [-0.3, -0.25) is 9.78 Å². The molecule has 2 aromatic heterocycles. The van der Waals surface area contributed by atoms with Crippen LogP contribution in [0.5, 0.6) is 0 Å². The number of rotatable bonds is 4. The summed E-state index contributed by atoms with van der Waals surface area (Å²) in [6.45, 7) is 4.05. The molecular weight excluding hydrogens is 316 g/mol. The van der Waals surface area contributed by atoms with Gasteiger partial charge in [-0.1, -0.05) is 12.5 Å². The fraction of sp³-hybridized carbons (Fsp3) is 0.500.